The molecular formula is C11H15FO2. The number of hydrogen-bond donors (Lipinski definition) is 1. The Morgan fingerprint density at radius 1 is 1.50 bits per heavy atom. The van der Waals surface area contributed by atoms with Crippen molar-refractivity contribution in [3.63, 3.8) is 0 Å². The lowest BCUT2D eigenvalue weighted by Gasteiger charge is -2.09. The van der Waals surface area contributed by atoms with Crippen molar-refractivity contribution < 1.29 is 14.2 Å². The number of aliphatic hydroxyl groups is 1. The van der Waals surface area contributed by atoms with Gasteiger partial charge in [-0.1, -0.05) is 13.0 Å². The van der Waals surface area contributed by atoms with Crippen molar-refractivity contribution in [1.82, 2.24) is 0 Å². The predicted molar refractivity (Wildman–Crippen MR) is 52.8 cm³/mol. The minimum absolute atomic E-state index is 0.213. The molecule has 0 bridgehead atoms. The Hall–Kier alpha value is -1.09. The van der Waals surface area contributed by atoms with Crippen LogP contribution in [0.5, 0.6) is 5.75 Å². The highest BCUT2D eigenvalue weighted by Gasteiger charge is 2.07. The van der Waals surface area contributed by atoms with Gasteiger partial charge in [0, 0.05) is 0 Å². The van der Waals surface area contributed by atoms with Crippen LogP contribution in [0.1, 0.15) is 31.9 Å². The average molecular weight is 198 g/mol. The molecule has 1 unspecified atom stereocenters. The molecule has 3 heteroatoms. The first-order chi connectivity index (χ1) is 6.65. The first-order valence-electron chi connectivity index (χ1n) is 4.75. The Balaban J connectivity index is 2.85. The summed E-state index contributed by atoms with van der Waals surface area (Å²) in [5, 5.41) is 9.29. The molecular weight excluding hydrogens is 183 g/mol. The lowest BCUT2D eigenvalue weighted by Crippen LogP contribution is -1.99. The summed E-state index contributed by atoms with van der Waals surface area (Å²) in [7, 11) is 0. The molecule has 1 aromatic carbocycles. The molecule has 0 aromatic heterocycles. The second-order valence-electron chi connectivity index (χ2n) is 3.21. The molecule has 0 aliphatic carbocycles. The Bertz CT molecular complexity index is 297. The highest BCUT2D eigenvalue weighted by molar-refractivity contribution is 5.31. The maximum absolute atomic E-state index is 13.1. The molecule has 1 N–H and O–H groups in total. The number of rotatable bonds is 4. The third kappa shape index (κ3) is 2.70. The lowest BCUT2D eigenvalue weighted by molar-refractivity contribution is 0.198. The normalized spacial score (nSPS) is 12.6. The van der Waals surface area contributed by atoms with Gasteiger partial charge in [-0.05, 0) is 31.0 Å². The van der Waals surface area contributed by atoms with Crippen LogP contribution < -0.4 is 4.74 Å². The van der Waals surface area contributed by atoms with Crippen LogP contribution in [-0.2, 0) is 0 Å². The zero-order valence-electron chi connectivity index (χ0n) is 8.46. The number of hydrogen-bond acceptors (Lipinski definition) is 2. The van der Waals surface area contributed by atoms with Crippen molar-refractivity contribution in [1.29, 1.82) is 0 Å². The van der Waals surface area contributed by atoms with Gasteiger partial charge in [0.1, 0.15) is 0 Å². The van der Waals surface area contributed by atoms with Crippen LogP contribution in [0.4, 0.5) is 4.39 Å². The van der Waals surface area contributed by atoms with Gasteiger partial charge in [-0.25, -0.2) is 4.39 Å². The van der Waals surface area contributed by atoms with E-state index in [1.807, 2.05) is 6.92 Å². The molecule has 0 aliphatic heterocycles. The molecule has 14 heavy (non-hydrogen) atoms. The molecule has 1 atom stereocenters. The van der Waals surface area contributed by atoms with E-state index in [4.69, 9.17) is 4.74 Å². The smallest absolute Gasteiger partial charge is 0.165 e. The quantitative estimate of drug-likeness (QED) is 0.806. The Labute approximate surface area is 83.3 Å². The van der Waals surface area contributed by atoms with Gasteiger partial charge in [0.2, 0.25) is 0 Å². The molecule has 0 radical (unpaired) electrons. The summed E-state index contributed by atoms with van der Waals surface area (Å²) in [6, 6.07) is 4.40. The summed E-state index contributed by atoms with van der Waals surface area (Å²) in [6.07, 6.45) is 0.234. The van der Waals surface area contributed by atoms with E-state index in [-0.39, 0.29) is 11.6 Å². The maximum Gasteiger partial charge on any atom is 0.165 e. The van der Waals surface area contributed by atoms with Gasteiger partial charge in [0.15, 0.2) is 11.6 Å². The second-order valence-corrected chi connectivity index (χ2v) is 3.21. The average Bonchev–Trinajstić information content (AvgIpc) is 2.16. The van der Waals surface area contributed by atoms with E-state index in [2.05, 4.69) is 0 Å². The zero-order valence-corrected chi connectivity index (χ0v) is 8.46. The largest absolute Gasteiger partial charge is 0.491 e. The summed E-state index contributed by atoms with van der Waals surface area (Å²) in [6.45, 7) is 4.08. The van der Waals surface area contributed by atoms with Crippen molar-refractivity contribution in [2.24, 2.45) is 0 Å². The predicted octanol–water partition coefficient (Wildman–Crippen LogP) is 2.67. The highest BCUT2D eigenvalue weighted by atomic mass is 19.1. The Kier molecular flexibility index (Phi) is 3.89. The fourth-order valence-electron chi connectivity index (χ4n) is 1.10. The Morgan fingerprint density at radius 2 is 2.21 bits per heavy atom. The fourth-order valence-corrected chi connectivity index (χ4v) is 1.10. The van der Waals surface area contributed by atoms with Crippen LogP contribution in [0.25, 0.3) is 0 Å². The minimum atomic E-state index is -0.598. The molecule has 1 rings (SSSR count). The van der Waals surface area contributed by atoms with E-state index >= 15 is 0 Å². The summed E-state index contributed by atoms with van der Waals surface area (Å²) < 4.78 is 18.3. The van der Waals surface area contributed by atoms with E-state index in [9.17, 15) is 9.50 Å². The minimum Gasteiger partial charge on any atom is -0.491 e. The van der Waals surface area contributed by atoms with Crippen molar-refractivity contribution in [2.75, 3.05) is 6.61 Å². The molecule has 0 aliphatic rings. The maximum atomic E-state index is 13.1. The van der Waals surface area contributed by atoms with Crippen molar-refractivity contribution >= 4 is 0 Å². The summed E-state index contributed by atoms with van der Waals surface area (Å²) in [5.74, 6) is -0.173. The van der Waals surface area contributed by atoms with Gasteiger partial charge in [-0.2, -0.15) is 0 Å². The molecule has 2 nitrogen and oxygen atoms in total. The monoisotopic (exact) mass is 198 g/mol. The van der Waals surface area contributed by atoms with Gasteiger partial charge >= 0.3 is 0 Å². The van der Waals surface area contributed by atoms with Gasteiger partial charge in [0.05, 0.1) is 12.7 Å². The molecule has 0 heterocycles. The first kappa shape index (κ1) is 11.0. The van der Waals surface area contributed by atoms with Crippen molar-refractivity contribution in [3.05, 3.63) is 29.6 Å². The van der Waals surface area contributed by atoms with Gasteiger partial charge in [0.25, 0.3) is 0 Å². The summed E-state index contributed by atoms with van der Waals surface area (Å²) >= 11 is 0. The molecule has 0 saturated heterocycles. The number of ether oxygens (including phenoxy) is 1. The summed E-state index contributed by atoms with van der Waals surface area (Å²) in [4.78, 5) is 0. The molecule has 0 spiro atoms. The van der Waals surface area contributed by atoms with Crippen LogP contribution in [0.2, 0.25) is 0 Å². The third-order valence-corrected chi connectivity index (χ3v) is 1.90. The fraction of sp³-hybridized carbons (Fsp3) is 0.455. The van der Waals surface area contributed by atoms with Crippen molar-refractivity contribution in [2.45, 2.75) is 26.4 Å². The van der Waals surface area contributed by atoms with Crippen LogP contribution in [0, 0.1) is 5.82 Å². The van der Waals surface area contributed by atoms with E-state index in [0.29, 0.717) is 12.2 Å². The SMILES string of the molecule is CCCOc1cc(C(C)O)ccc1F. The second kappa shape index (κ2) is 4.96. The molecule has 0 amide bonds. The molecule has 0 fully saturated rings. The lowest BCUT2D eigenvalue weighted by atomic mass is 10.1. The van der Waals surface area contributed by atoms with Crippen LogP contribution in [0.3, 0.4) is 0 Å². The first-order valence-corrected chi connectivity index (χ1v) is 4.75. The number of benzene rings is 1. The number of halogens is 1. The van der Waals surface area contributed by atoms with Crippen LogP contribution >= 0.6 is 0 Å². The van der Waals surface area contributed by atoms with Crippen LogP contribution in [-0.4, -0.2) is 11.7 Å². The standard InChI is InChI=1S/C11H15FO2/c1-3-6-14-11-7-9(8(2)13)4-5-10(11)12/h4-5,7-8,13H,3,6H2,1-2H3. The zero-order chi connectivity index (χ0) is 10.6. The van der Waals surface area contributed by atoms with Gasteiger partial charge in [-0.15, -0.1) is 0 Å². The van der Waals surface area contributed by atoms with Crippen LogP contribution in [0.15, 0.2) is 18.2 Å². The van der Waals surface area contributed by atoms with E-state index < -0.39 is 6.10 Å². The van der Waals surface area contributed by atoms with E-state index in [0.717, 1.165) is 6.42 Å². The molecule has 78 valence electrons. The van der Waals surface area contributed by atoms with E-state index in [1.54, 1.807) is 13.0 Å². The van der Waals surface area contributed by atoms with Gasteiger partial charge in [-0.3, -0.25) is 0 Å². The van der Waals surface area contributed by atoms with Gasteiger partial charge < -0.3 is 9.84 Å². The Morgan fingerprint density at radius 3 is 2.79 bits per heavy atom. The van der Waals surface area contributed by atoms with Crippen molar-refractivity contribution in [3.8, 4) is 5.75 Å². The topological polar surface area (TPSA) is 29.5 Å². The molecule has 1 aromatic rings. The number of aliphatic hydroxyl groups excluding tert-OH is 1. The highest BCUT2D eigenvalue weighted by Crippen LogP contribution is 2.22. The van der Waals surface area contributed by atoms with E-state index in [1.165, 1.54) is 12.1 Å². The third-order valence-electron chi connectivity index (χ3n) is 1.90. The summed E-state index contributed by atoms with van der Waals surface area (Å²) in [5.41, 5.74) is 0.664. The molecule has 0 saturated carbocycles.